The van der Waals surface area contributed by atoms with Gasteiger partial charge in [-0.2, -0.15) is 10.2 Å². The topological polar surface area (TPSA) is 123 Å². The number of azo groups is 1. The number of hydrogen-bond acceptors (Lipinski definition) is 6. The Hall–Kier alpha value is -3.75. The summed E-state index contributed by atoms with van der Waals surface area (Å²) in [7, 11) is 3.91. The van der Waals surface area contributed by atoms with Gasteiger partial charge < -0.3 is 20.6 Å². The molecular formula is C20H23N5O4. The molecule has 0 unspecified atom stereocenters. The third-order valence-electron chi connectivity index (χ3n) is 3.93. The molecule has 0 saturated heterocycles. The quantitative estimate of drug-likeness (QED) is 0.591. The van der Waals surface area contributed by atoms with Crippen molar-refractivity contribution in [3.63, 3.8) is 0 Å². The van der Waals surface area contributed by atoms with E-state index in [2.05, 4.69) is 20.9 Å². The zero-order valence-corrected chi connectivity index (χ0v) is 16.4. The molecule has 1 atom stereocenters. The fraction of sp³-hybridized carbons (Fsp3) is 0.250. The Morgan fingerprint density at radius 2 is 1.48 bits per heavy atom. The van der Waals surface area contributed by atoms with Gasteiger partial charge in [0.2, 0.25) is 5.91 Å². The predicted molar refractivity (Wildman–Crippen MR) is 109 cm³/mol. The summed E-state index contributed by atoms with van der Waals surface area (Å²) in [6.07, 6.45) is 0. The van der Waals surface area contributed by atoms with Gasteiger partial charge in [-0.25, -0.2) is 0 Å². The van der Waals surface area contributed by atoms with E-state index in [-0.39, 0.29) is 6.54 Å². The van der Waals surface area contributed by atoms with Crippen LogP contribution in [0.5, 0.6) is 0 Å². The molecule has 3 N–H and O–H groups in total. The second-order valence-corrected chi connectivity index (χ2v) is 6.47. The lowest BCUT2D eigenvalue weighted by Gasteiger charge is -2.11. The predicted octanol–water partition coefficient (Wildman–Crippen LogP) is 2.49. The maximum Gasteiger partial charge on any atom is 0.325 e. The minimum absolute atomic E-state index is 0.319. The molecule has 0 aliphatic carbocycles. The number of benzene rings is 2. The summed E-state index contributed by atoms with van der Waals surface area (Å²) in [4.78, 5) is 36.4. The van der Waals surface area contributed by atoms with Crippen LogP contribution in [0.2, 0.25) is 0 Å². The molecule has 2 aromatic carbocycles. The van der Waals surface area contributed by atoms with E-state index in [9.17, 15) is 14.4 Å². The van der Waals surface area contributed by atoms with Crippen molar-refractivity contribution in [2.45, 2.75) is 13.0 Å². The molecule has 152 valence electrons. The number of anilines is 1. The molecule has 0 fully saturated rings. The highest BCUT2D eigenvalue weighted by Gasteiger charge is 2.14. The number of aliphatic carboxylic acids is 1. The van der Waals surface area contributed by atoms with Gasteiger partial charge in [-0.05, 0) is 55.5 Å². The van der Waals surface area contributed by atoms with Crippen molar-refractivity contribution in [3.8, 4) is 0 Å². The van der Waals surface area contributed by atoms with Crippen LogP contribution >= 0.6 is 0 Å². The van der Waals surface area contributed by atoms with Gasteiger partial charge in [0.25, 0.3) is 5.91 Å². The first-order chi connectivity index (χ1) is 13.8. The SMILES string of the molecule is C[C@H](NC(=O)CNC(=O)c1ccc(N=Nc2ccc(N(C)C)cc2)cc1)C(=O)O. The van der Waals surface area contributed by atoms with Crippen molar-refractivity contribution in [3.05, 3.63) is 54.1 Å². The summed E-state index contributed by atoms with van der Waals surface area (Å²) in [5.74, 6) is -2.19. The van der Waals surface area contributed by atoms with Gasteiger partial charge in [-0.15, -0.1) is 0 Å². The number of amides is 2. The second-order valence-electron chi connectivity index (χ2n) is 6.47. The minimum atomic E-state index is -1.15. The zero-order chi connectivity index (χ0) is 21.4. The lowest BCUT2D eigenvalue weighted by molar-refractivity contribution is -0.141. The maximum absolute atomic E-state index is 12.1. The Kier molecular flexibility index (Phi) is 7.41. The van der Waals surface area contributed by atoms with Gasteiger partial charge in [0.05, 0.1) is 17.9 Å². The molecule has 2 aromatic rings. The van der Waals surface area contributed by atoms with Gasteiger partial charge >= 0.3 is 5.97 Å². The first kappa shape index (κ1) is 21.5. The Balaban J connectivity index is 1.89. The van der Waals surface area contributed by atoms with Gasteiger partial charge in [0.1, 0.15) is 6.04 Å². The standard InChI is InChI=1S/C20H23N5O4/c1-13(20(28)29)22-18(26)12-21-19(27)14-4-6-15(7-5-14)23-24-16-8-10-17(11-9-16)25(2)3/h4-11,13H,12H2,1-3H3,(H,21,27)(H,22,26)(H,28,29)/t13-/m0/s1. The van der Waals surface area contributed by atoms with Crippen LogP contribution in [0.15, 0.2) is 58.8 Å². The minimum Gasteiger partial charge on any atom is -0.480 e. The molecule has 0 saturated carbocycles. The molecule has 0 spiro atoms. The van der Waals surface area contributed by atoms with E-state index in [0.29, 0.717) is 16.9 Å². The van der Waals surface area contributed by atoms with Crippen molar-refractivity contribution in [1.82, 2.24) is 10.6 Å². The van der Waals surface area contributed by atoms with Crippen LogP contribution in [-0.2, 0) is 9.59 Å². The third-order valence-corrected chi connectivity index (χ3v) is 3.93. The Labute approximate surface area is 168 Å². The van der Waals surface area contributed by atoms with E-state index in [0.717, 1.165) is 5.69 Å². The Morgan fingerprint density at radius 3 is 1.97 bits per heavy atom. The van der Waals surface area contributed by atoms with Crippen LogP contribution in [0.4, 0.5) is 17.1 Å². The number of carboxylic acid groups (broad SMARTS) is 1. The lowest BCUT2D eigenvalue weighted by atomic mass is 10.2. The molecule has 0 aliphatic heterocycles. The van der Waals surface area contributed by atoms with Crippen molar-refractivity contribution in [2.24, 2.45) is 10.2 Å². The molecular weight excluding hydrogens is 374 g/mol. The molecule has 9 heteroatoms. The van der Waals surface area contributed by atoms with Crippen molar-refractivity contribution in [1.29, 1.82) is 0 Å². The zero-order valence-electron chi connectivity index (χ0n) is 16.4. The fourth-order valence-electron chi connectivity index (χ4n) is 2.23. The van der Waals surface area contributed by atoms with E-state index >= 15 is 0 Å². The Morgan fingerprint density at radius 1 is 0.966 bits per heavy atom. The van der Waals surface area contributed by atoms with Crippen LogP contribution < -0.4 is 15.5 Å². The summed E-state index contributed by atoms with van der Waals surface area (Å²) >= 11 is 0. The normalized spacial score (nSPS) is 11.7. The molecule has 0 radical (unpaired) electrons. The molecule has 0 heterocycles. The molecule has 0 aliphatic rings. The number of carbonyl (C=O) groups is 3. The number of carboxylic acids is 1. The fourth-order valence-corrected chi connectivity index (χ4v) is 2.23. The van der Waals surface area contributed by atoms with Crippen LogP contribution in [0, 0.1) is 0 Å². The third kappa shape index (κ3) is 6.73. The summed E-state index contributed by atoms with van der Waals surface area (Å²) < 4.78 is 0. The first-order valence-corrected chi connectivity index (χ1v) is 8.86. The van der Waals surface area contributed by atoms with Crippen LogP contribution in [0.1, 0.15) is 17.3 Å². The van der Waals surface area contributed by atoms with Gasteiger partial charge in [-0.3, -0.25) is 14.4 Å². The van der Waals surface area contributed by atoms with Crippen molar-refractivity contribution < 1.29 is 19.5 Å². The van der Waals surface area contributed by atoms with E-state index in [1.165, 1.54) is 6.92 Å². The van der Waals surface area contributed by atoms with Crippen LogP contribution in [0.25, 0.3) is 0 Å². The van der Waals surface area contributed by atoms with Gasteiger partial charge in [-0.1, -0.05) is 0 Å². The summed E-state index contributed by atoms with van der Waals surface area (Å²) in [5, 5.41) is 21.7. The highest BCUT2D eigenvalue weighted by molar-refractivity contribution is 5.97. The van der Waals surface area contributed by atoms with Crippen molar-refractivity contribution in [2.75, 3.05) is 25.5 Å². The number of nitrogens with one attached hydrogen (secondary N) is 2. The second kappa shape index (κ2) is 9.98. The summed E-state index contributed by atoms with van der Waals surface area (Å²) in [6, 6.07) is 13.0. The van der Waals surface area contributed by atoms with Crippen molar-refractivity contribution >= 4 is 34.8 Å². The highest BCUT2D eigenvalue weighted by Crippen LogP contribution is 2.21. The lowest BCUT2D eigenvalue weighted by Crippen LogP contribution is -2.43. The largest absolute Gasteiger partial charge is 0.480 e. The molecule has 29 heavy (non-hydrogen) atoms. The molecule has 9 nitrogen and oxygen atoms in total. The average Bonchev–Trinajstić information content (AvgIpc) is 2.71. The van der Waals surface area contributed by atoms with Gasteiger partial charge in [0.15, 0.2) is 0 Å². The Bertz CT molecular complexity index is 892. The van der Waals surface area contributed by atoms with E-state index in [1.807, 2.05) is 43.3 Å². The average molecular weight is 397 g/mol. The highest BCUT2D eigenvalue weighted by atomic mass is 16.4. The number of hydrogen-bond donors (Lipinski definition) is 3. The maximum atomic E-state index is 12.1. The monoisotopic (exact) mass is 397 g/mol. The molecule has 0 bridgehead atoms. The molecule has 0 aromatic heterocycles. The number of rotatable bonds is 8. The van der Waals surface area contributed by atoms with E-state index in [4.69, 9.17) is 5.11 Å². The number of carbonyl (C=O) groups excluding carboxylic acids is 2. The molecule has 2 rings (SSSR count). The van der Waals surface area contributed by atoms with Crippen LogP contribution in [0.3, 0.4) is 0 Å². The summed E-state index contributed by atoms with van der Waals surface area (Å²) in [5.41, 5.74) is 2.69. The smallest absolute Gasteiger partial charge is 0.325 e. The number of nitrogens with zero attached hydrogens (tertiary/aromatic N) is 3. The van der Waals surface area contributed by atoms with Gasteiger partial charge in [0, 0.05) is 25.3 Å². The molecule has 2 amide bonds. The van der Waals surface area contributed by atoms with E-state index < -0.39 is 23.8 Å². The van der Waals surface area contributed by atoms with E-state index in [1.54, 1.807) is 24.3 Å². The summed E-state index contributed by atoms with van der Waals surface area (Å²) in [6.45, 7) is 1.02. The first-order valence-electron chi connectivity index (χ1n) is 8.86. The van der Waals surface area contributed by atoms with Crippen LogP contribution in [-0.4, -0.2) is 49.6 Å².